The summed E-state index contributed by atoms with van der Waals surface area (Å²) in [5.41, 5.74) is 1.14. The van der Waals surface area contributed by atoms with E-state index >= 15 is 0 Å². The zero-order valence-corrected chi connectivity index (χ0v) is 11.7. The van der Waals surface area contributed by atoms with E-state index in [0.717, 1.165) is 18.7 Å². The topological polar surface area (TPSA) is 84.8 Å². The number of aliphatic hydroxyl groups excluding tert-OH is 2. The van der Waals surface area contributed by atoms with Gasteiger partial charge in [-0.3, -0.25) is 0 Å². The van der Waals surface area contributed by atoms with E-state index in [1.165, 1.54) is 0 Å². The number of para-hydroxylation sites is 1. The molecule has 0 bridgehead atoms. The van der Waals surface area contributed by atoms with Gasteiger partial charge in [-0.15, -0.1) is 0 Å². The molecule has 0 spiro atoms. The van der Waals surface area contributed by atoms with Crippen molar-refractivity contribution in [2.45, 2.75) is 12.5 Å². The summed E-state index contributed by atoms with van der Waals surface area (Å²) in [7, 11) is 2.01. The summed E-state index contributed by atoms with van der Waals surface area (Å²) in [6, 6.07) is 9.70. The van der Waals surface area contributed by atoms with Gasteiger partial charge in [-0.05, 0) is 18.6 Å². The molecule has 0 aromatic heterocycles. The summed E-state index contributed by atoms with van der Waals surface area (Å²) in [6.45, 7) is 1.08. The number of urea groups is 1. The van der Waals surface area contributed by atoms with Gasteiger partial charge in [-0.1, -0.05) is 18.2 Å². The normalized spacial score (nSPS) is 11.8. The number of carbonyl (C=O) groups is 1. The Hall–Kier alpha value is -1.79. The molecular formula is C14H23N3O3. The molecule has 1 aromatic carbocycles. The number of anilines is 1. The van der Waals surface area contributed by atoms with Gasteiger partial charge in [0.05, 0.1) is 12.7 Å². The summed E-state index contributed by atoms with van der Waals surface area (Å²) in [4.78, 5) is 13.5. The molecule has 20 heavy (non-hydrogen) atoms. The van der Waals surface area contributed by atoms with Crippen molar-refractivity contribution in [1.82, 2.24) is 10.6 Å². The maximum absolute atomic E-state index is 11.3. The van der Waals surface area contributed by atoms with E-state index in [1.807, 2.05) is 37.4 Å². The molecule has 4 N–H and O–H groups in total. The lowest BCUT2D eigenvalue weighted by atomic mass is 10.3. The second-order valence-corrected chi connectivity index (χ2v) is 4.58. The molecule has 0 aliphatic heterocycles. The van der Waals surface area contributed by atoms with Crippen LogP contribution < -0.4 is 15.5 Å². The van der Waals surface area contributed by atoms with Gasteiger partial charge in [0.25, 0.3) is 0 Å². The lowest BCUT2D eigenvalue weighted by Crippen LogP contribution is -2.41. The lowest BCUT2D eigenvalue weighted by molar-refractivity contribution is 0.0959. The van der Waals surface area contributed by atoms with Gasteiger partial charge in [0.2, 0.25) is 0 Å². The minimum atomic E-state index is -0.912. The molecule has 1 atom stereocenters. The van der Waals surface area contributed by atoms with Gasteiger partial charge < -0.3 is 25.7 Å². The van der Waals surface area contributed by atoms with Crippen LogP contribution in [0.3, 0.4) is 0 Å². The fourth-order valence-corrected chi connectivity index (χ4v) is 1.67. The molecule has 0 saturated carbocycles. The number of hydrogen-bond acceptors (Lipinski definition) is 4. The largest absolute Gasteiger partial charge is 0.394 e. The van der Waals surface area contributed by atoms with Crippen LogP contribution in [-0.4, -0.2) is 55.6 Å². The van der Waals surface area contributed by atoms with E-state index < -0.39 is 6.10 Å². The van der Waals surface area contributed by atoms with Crippen LogP contribution in [-0.2, 0) is 0 Å². The Morgan fingerprint density at radius 2 is 2.00 bits per heavy atom. The first-order valence-corrected chi connectivity index (χ1v) is 6.70. The molecule has 0 unspecified atom stereocenters. The molecule has 1 aromatic rings. The molecule has 0 saturated heterocycles. The molecule has 112 valence electrons. The quantitative estimate of drug-likeness (QED) is 0.512. The van der Waals surface area contributed by atoms with Crippen LogP contribution in [0.25, 0.3) is 0 Å². The summed E-state index contributed by atoms with van der Waals surface area (Å²) in [5.74, 6) is 0. The van der Waals surface area contributed by atoms with Crippen molar-refractivity contribution in [2.24, 2.45) is 0 Å². The van der Waals surface area contributed by atoms with E-state index in [0.29, 0.717) is 6.54 Å². The van der Waals surface area contributed by atoms with E-state index in [1.54, 1.807) is 0 Å². The van der Waals surface area contributed by atoms with Crippen LogP contribution >= 0.6 is 0 Å². The van der Waals surface area contributed by atoms with Crippen LogP contribution in [0.2, 0.25) is 0 Å². The summed E-state index contributed by atoms with van der Waals surface area (Å²) in [5, 5.41) is 22.9. The van der Waals surface area contributed by atoms with Crippen LogP contribution in [0.4, 0.5) is 10.5 Å². The Morgan fingerprint density at radius 3 is 2.65 bits per heavy atom. The monoisotopic (exact) mass is 281 g/mol. The first-order chi connectivity index (χ1) is 9.63. The predicted octanol–water partition coefficient (Wildman–Crippen LogP) is 0.165. The van der Waals surface area contributed by atoms with Crippen LogP contribution in [0.15, 0.2) is 30.3 Å². The van der Waals surface area contributed by atoms with Gasteiger partial charge in [-0.25, -0.2) is 4.79 Å². The highest BCUT2D eigenvalue weighted by molar-refractivity contribution is 5.73. The smallest absolute Gasteiger partial charge is 0.314 e. The second kappa shape index (κ2) is 9.17. The number of rotatable bonds is 8. The van der Waals surface area contributed by atoms with Gasteiger partial charge in [-0.2, -0.15) is 0 Å². The first-order valence-electron chi connectivity index (χ1n) is 6.70. The first kappa shape index (κ1) is 16.3. The highest BCUT2D eigenvalue weighted by Gasteiger charge is 2.05. The number of nitrogens with one attached hydrogen (secondary N) is 2. The SMILES string of the molecule is CN(CCCNC(=O)NC[C@@H](O)CO)c1ccccc1. The average molecular weight is 281 g/mol. The van der Waals surface area contributed by atoms with E-state index in [-0.39, 0.29) is 19.2 Å². The number of aliphatic hydroxyl groups is 2. The van der Waals surface area contributed by atoms with Gasteiger partial charge in [0.1, 0.15) is 0 Å². The van der Waals surface area contributed by atoms with Crippen LogP contribution in [0, 0.1) is 0 Å². The Kier molecular flexibility index (Phi) is 7.46. The van der Waals surface area contributed by atoms with Crippen molar-refractivity contribution in [3.8, 4) is 0 Å². The molecule has 6 nitrogen and oxygen atoms in total. The average Bonchev–Trinajstić information content (AvgIpc) is 2.49. The van der Waals surface area contributed by atoms with Crippen LogP contribution in [0.1, 0.15) is 6.42 Å². The highest BCUT2D eigenvalue weighted by atomic mass is 16.3. The van der Waals surface area contributed by atoms with E-state index in [2.05, 4.69) is 15.5 Å². The fourth-order valence-electron chi connectivity index (χ4n) is 1.67. The highest BCUT2D eigenvalue weighted by Crippen LogP contribution is 2.10. The maximum Gasteiger partial charge on any atom is 0.314 e. The van der Waals surface area contributed by atoms with E-state index in [9.17, 15) is 4.79 Å². The molecule has 0 radical (unpaired) electrons. The molecule has 0 aliphatic carbocycles. The number of benzene rings is 1. The zero-order valence-electron chi connectivity index (χ0n) is 11.7. The third-order valence-corrected chi connectivity index (χ3v) is 2.86. The number of hydrogen-bond donors (Lipinski definition) is 4. The van der Waals surface area contributed by atoms with Gasteiger partial charge >= 0.3 is 6.03 Å². The van der Waals surface area contributed by atoms with Crippen molar-refractivity contribution >= 4 is 11.7 Å². The zero-order chi connectivity index (χ0) is 14.8. The van der Waals surface area contributed by atoms with Crippen molar-refractivity contribution in [3.63, 3.8) is 0 Å². The lowest BCUT2D eigenvalue weighted by Gasteiger charge is -2.19. The van der Waals surface area contributed by atoms with Crippen molar-refractivity contribution in [3.05, 3.63) is 30.3 Å². The number of carbonyl (C=O) groups excluding carboxylic acids is 1. The molecule has 0 aliphatic rings. The van der Waals surface area contributed by atoms with Crippen molar-refractivity contribution in [1.29, 1.82) is 0 Å². The maximum atomic E-state index is 11.3. The number of nitrogens with zero attached hydrogens (tertiary/aromatic N) is 1. The van der Waals surface area contributed by atoms with Crippen molar-refractivity contribution in [2.75, 3.05) is 38.2 Å². The summed E-state index contributed by atoms with van der Waals surface area (Å²) >= 11 is 0. The summed E-state index contributed by atoms with van der Waals surface area (Å²) in [6.07, 6.45) is -0.0913. The van der Waals surface area contributed by atoms with Gasteiger partial charge in [0, 0.05) is 32.4 Å². The Morgan fingerprint density at radius 1 is 1.30 bits per heavy atom. The predicted molar refractivity (Wildman–Crippen MR) is 78.8 cm³/mol. The molecule has 2 amide bonds. The third kappa shape index (κ3) is 6.40. The van der Waals surface area contributed by atoms with E-state index in [4.69, 9.17) is 10.2 Å². The number of amides is 2. The molecule has 0 fully saturated rings. The Balaban J connectivity index is 2.11. The minimum absolute atomic E-state index is 0.0479. The van der Waals surface area contributed by atoms with Crippen molar-refractivity contribution < 1.29 is 15.0 Å². The second-order valence-electron chi connectivity index (χ2n) is 4.58. The standard InChI is InChI=1S/C14H23N3O3/c1-17(12-6-3-2-4-7-12)9-5-8-15-14(20)16-10-13(19)11-18/h2-4,6-7,13,18-19H,5,8-11H2,1H3,(H2,15,16,20)/t13-/m1/s1. The van der Waals surface area contributed by atoms with Crippen LogP contribution in [0.5, 0.6) is 0 Å². The Labute approximate surface area is 119 Å². The fraction of sp³-hybridized carbons (Fsp3) is 0.500. The summed E-state index contributed by atoms with van der Waals surface area (Å²) < 4.78 is 0. The molecule has 6 heteroatoms. The third-order valence-electron chi connectivity index (χ3n) is 2.86. The Bertz CT molecular complexity index is 387. The molecule has 1 rings (SSSR count). The molecule has 0 heterocycles. The molecular weight excluding hydrogens is 258 g/mol. The minimum Gasteiger partial charge on any atom is -0.394 e. The van der Waals surface area contributed by atoms with Gasteiger partial charge in [0.15, 0.2) is 0 Å².